The maximum Gasteiger partial charge on any atom is 0.267 e. The van der Waals surface area contributed by atoms with Crippen molar-refractivity contribution in [2.45, 2.75) is 51.7 Å². The minimum absolute atomic E-state index is 0.0418. The van der Waals surface area contributed by atoms with Crippen LogP contribution in [0.2, 0.25) is 0 Å². The van der Waals surface area contributed by atoms with Crippen molar-refractivity contribution in [2.75, 3.05) is 25.4 Å². The highest BCUT2D eigenvalue weighted by Crippen LogP contribution is 2.34. The van der Waals surface area contributed by atoms with E-state index in [2.05, 4.69) is 6.92 Å². The summed E-state index contributed by atoms with van der Waals surface area (Å²) in [7, 11) is 0. The molecule has 1 aromatic carbocycles. The van der Waals surface area contributed by atoms with Crippen molar-refractivity contribution in [1.29, 1.82) is 0 Å². The van der Waals surface area contributed by atoms with Crippen LogP contribution in [-0.2, 0) is 22.6 Å². The van der Waals surface area contributed by atoms with E-state index < -0.39 is 0 Å². The SMILES string of the molecule is CC(=O)N1CCc2c(sc3nc(SCC(=O)N4CCC[C@H](C)C4)n(-c4ccccc4C)c(=O)c23)C1. The van der Waals surface area contributed by atoms with Crippen LogP contribution in [0.25, 0.3) is 15.9 Å². The van der Waals surface area contributed by atoms with Gasteiger partial charge in [0.1, 0.15) is 4.83 Å². The van der Waals surface area contributed by atoms with E-state index in [0.717, 1.165) is 47.6 Å². The van der Waals surface area contributed by atoms with E-state index in [1.807, 2.05) is 41.0 Å². The molecule has 9 heteroatoms. The highest BCUT2D eigenvalue weighted by atomic mass is 32.2. The molecule has 7 nitrogen and oxygen atoms in total. The molecule has 2 amide bonds. The number of fused-ring (bicyclic) bond motifs is 3. The van der Waals surface area contributed by atoms with Gasteiger partial charge in [-0.2, -0.15) is 0 Å². The summed E-state index contributed by atoms with van der Waals surface area (Å²) in [6.45, 7) is 8.46. The minimum atomic E-state index is -0.0976. The van der Waals surface area contributed by atoms with Crippen LogP contribution >= 0.6 is 23.1 Å². The fourth-order valence-corrected chi connectivity index (χ4v) is 7.23. The zero-order valence-corrected chi connectivity index (χ0v) is 22.0. The minimum Gasteiger partial charge on any atom is -0.342 e. The van der Waals surface area contributed by atoms with E-state index in [4.69, 9.17) is 4.98 Å². The van der Waals surface area contributed by atoms with E-state index in [1.54, 1.807) is 11.5 Å². The molecule has 0 radical (unpaired) electrons. The van der Waals surface area contributed by atoms with Gasteiger partial charge in [-0.15, -0.1) is 11.3 Å². The van der Waals surface area contributed by atoms with Gasteiger partial charge in [-0.05, 0) is 49.3 Å². The summed E-state index contributed by atoms with van der Waals surface area (Å²) in [5.74, 6) is 0.902. The number of carbonyl (C=O) groups excluding carboxylic acids is 2. The van der Waals surface area contributed by atoms with Crippen LogP contribution in [0.3, 0.4) is 0 Å². The molecule has 1 saturated heterocycles. The molecule has 0 aliphatic carbocycles. The lowest BCUT2D eigenvalue weighted by Gasteiger charge is -2.30. The first-order chi connectivity index (χ1) is 16.8. The molecule has 2 aliphatic rings. The Labute approximate surface area is 213 Å². The number of para-hydroxylation sites is 1. The molecule has 0 bridgehead atoms. The Bertz CT molecular complexity index is 1360. The maximum absolute atomic E-state index is 14.0. The topological polar surface area (TPSA) is 75.5 Å². The molecule has 1 atom stereocenters. The third-order valence-corrected chi connectivity index (χ3v) is 9.01. The summed E-state index contributed by atoms with van der Waals surface area (Å²) in [6, 6.07) is 7.78. The number of amides is 2. The monoisotopic (exact) mass is 510 g/mol. The van der Waals surface area contributed by atoms with Crippen LogP contribution in [0, 0.1) is 12.8 Å². The summed E-state index contributed by atoms with van der Waals surface area (Å²) < 4.78 is 1.68. The molecule has 0 saturated carbocycles. The third-order valence-electron chi connectivity index (χ3n) is 6.98. The van der Waals surface area contributed by atoms with Crippen LogP contribution in [0.5, 0.6) is 0 Å². The number of aryl methyl sites for hydroxylation is 1. The molecule has 5 rings (SSSR count). The predicted molar refractivity (Wildman–Crippen MR) is 140 cm³/mol. The van der Waals surface area contributed by atoms with Crippen molar-refractivity contribution in [2.24, 2.45) is 5.92 Å². The Morgan fingerprint density at radius 2 is 2.00 bits per heavy atom. The van der Waals surface area contributed by atoms with Crippen molar-refractivity contribution >= 4 is 45.1 Å². The van der Waals surface area contributed by atoms with Gasteiger partial charge in [-0.1, -0.05) is 36.9 Å². The molecule has 1 fully saturated rings. The highest BCUT2D eigenvalue weighted by molar-refractivity contribution is 7.99. The van der Waals surface area contributed by atoms with E-state index >= 15 is 0 Å². The van der Waals surface area contributed by atoms with Gasteiger partial charge < -0.3 is 9.80 Å². The number of aromatic nitrogens is 2. The second-order valence-electron chi connectivity index (χ2n) is 9.57. The standard InChI is InChI=1S/C26H30N4O3S2/c1-16-7-6-11-29(13-16)22(32)15-34-26-27-24-23(19-10-12-28(18(3)31)14-21(19)35-24)25(33)30(26)20-9-5-4-8-17(20)2/h4-5,8-9,16H,6-7,10-15H2,1-3H3/t16-/m0/s1. The Kier molecular flexibility index (Phi) is 6.72. The smallest absolute Gasteiger partial charge is 0.267 e. The quantitative estimate of drug-likeness (QED) is 0.392. The maximum atomic E-state index is 14.0. The van der Waals surface area contributed by atoms with Gasteiger partial charge in [0.25, 0.3) is 5.56 Å². The lowest BCUT2D eigenvalue weighted by molar-refractivity contribution is -0.130. The molecule has 35 heavy (non-hydrogen) atoms. The number of rotatable bonds is 4. The van der Waals surface area contributed by atoms with Crippen molar-refractivity contribution in [3.63, 3.8) is 0 Å². The van der Waals surface area contributed by atoms with Crippen molar-refractivity contribution < 1.29 is 9.59 Å². The molecule has 2 aromatic heterocycles. The first kappa shape index (κ1) is 24.1. The average Bonchev–Trinajstić information content (AvgIpc) is 3.21. The number of thioether (sulfide) groups is 1. The number of carbonyl (C=O) groups is 2. The lowest BCUT2D eigenvalue weighted by atomic mass is 10.0. The molecular weight excluding hydrogens is 480 g/mol. The molecule has 3 aromatic rings. The van der Waals surface area contributed by atoms with Crippen LogP contribution in [0.1, 0.15) is 42.7 Å². The first-order valence-corrected chi connectivity index (χ1v) is 13.9. The zero-order chi connectivity index (χ0) is 24.7. The number of benzene rings is 1. The number of likely N-dealkylation sites (tertiary alicyclic amines) is 1. The van der Waals surface area contributed by atoms with Gasteiger partial charge in [-0.3, -0.25) is 19.0 Å². The van der Waals surface area contributed by atoms with Crippen LogP contribution in [-0.4, -0.2) is 56.6 Å². The normalized spacial score (nSPS) is 18.1. The van der Waals surface area contributed by atoms with Gasteiger partial charge in [0, 0.05) is 31.4 Å². The summed E-state index contributed by atoms with van der Waals surface area (Å²) in [5, 5.41) is 1.19. The van der Waals surface area contributed by atoms with Crippen LogP contribution < -0.4 is 5.56 Å². The number of hydrogen-bond acceptors (Lipinski definition) is 6. The first-order valence-electron chi connectivity index (χ1n) is 12.1. The van der Waals surface area contributed by atoms with Crippen molar-refractivity contribution in [3.8, 4) is 5.69 Å². The summed E-state index contributed by atoms with van der Waals surface area (Å²) in [5.41, 5.74) is 2.67. The molecular formula is C26H30N4O3S2. The molecule has 4 heterocycles. The Morgan fingerprint density at radius 1 is 1.20 bits per heavy atom. The van der Waals surface area contributed by atoms with Gasteiger partial charge in [0.15, 0.2) is 5.16 Å². The van der Waals surface area contributed by atoms with Gasteiger partial charge in [0.05, 0.1) is 23.4 Å². The number of thiophene rings is 1. The Morgan fingerprint density at radius 3 is 2.74 bits per heavy atom. The Balaban J connectivity index is 1.56. The second kappa shape index (κ2) is 9.78. The van der Waals surface area contributed by atoms with Gasteiger partial charge >= 0.3 is 0 Å². The summed E-state index contributed by atoms with van der Waals surface area (Å²) >= 11 is 2.83. The molecule has 2 aliphatic heterocycles. The van der Waals surface area contributed by atoms with Crippen molar-refractivity contribution in [1.82, 2.24) is 19.4 Å². The average molecular weight is 511 g/mol. The number of nitrogens with zero attached hydrogens (tertiary/aromatic N) is 4. The highest BCUT2D eigenvalue weighted by Gasteiger charge is 2.27. The third kappa shape index (κ3) is 4.63. The summed E-state index contributed by atoms with van der Waals surface area (Å²) in [6.07, 6.45) is 2.84. The van der Waals surface area contributed by atoms with E-state index in [0.29, 0.717) is 40.8 Å². The fourth-order valence-electron chi connectivity index (χ4n) is 5.05. The Hall–Kier alpha value is -2.65. The lowest BCUT2D eigenvalue weighted by Crippen LogP contribution is -2.40. The largest absolute Gasteiger partial charge is 0.342 e. The van der Waals surface area contributed by atoms with Crippen LogP contribution in [0.4, 0.5) is 0 Å². The fraction of sp³-hybridized carbons (Fsp3) is 0.462. The van der Waals surface area contributed by atoms with E-state index in [-0.39, 0.29) is 23.1 Å². The van der Waals surface area contributed by atoms with Gasteiger partial charge in [0.2, 0.25) is 11.8 Å². The van der Waals surface area contributed by atoms with E-state index in [1.165, 1.54) is 23.1 Å². The van der Waals surface area contributed by atoms with Crippen LogP contribution in [0.15, 0.2) is 34.2 Å². The van der Waals surface area contributed by atoms with Gasteiger partial charge in [-0.25, -0.2) is 4.98 Å². The molecule has 0 spiro atoms. The van der Waals surface area contributed by atoms with Crippen molar-refractivity contribution in [3.05, 3.63) is 50.6 Å². The van der Waals surface area contributed by atoms with E-state index in [9.17, 15) is 14.4 Å². The number of hydrogen-bond donors (Lipinski definition) is 0. The zero-order valence-electron chi connectivity index (χ0n) is 20.4. The number of piperidine rings is 1. The second-order valence-corrected chi connectivity index (χ2v) is 11.6. The molecule has 184 valence electrons. The molecule has 0 unspecified atom stereocenters. The summed E-state index contributed by atoms with van der Waals surface area (Å²) in [4.78, 5) is 49.3. The molecule has 0 N–H and O–H groups in total. The predicted octanol–water partition coefficient (Wildman–Crippen LogP) is 4.01.